The Morgan fingerprint density at radius 3 is 2.61 bits per heavy atom. The van der Waals surface area contributed by atoms with Gasteiger partial charge in [-0.15, -0.1) is 0 Å². The molecule has 3 N–H and O–H groups in total. The maximum atomic E-state index is 12.0. The standard InChI is InChI=1S/C15H22N2O/c1-11(13-8-5-9-13)17-15(18)14(16)10-12-6-3-2-4-7-12/h2-4,6-7,11,13-14H,5,8-10,16H2,1H3,(H,17,18)/t11?,14-/m1/s1. The molecule has 3 heteroatoms. The Hall–Kier alpha value is -1.35. The Balaban J connectivity index is 1.81. The van der Waals surface area contributed by atoms with Crippen LogP contribution in [0.15, 0.2) is 30.3 Å². The Morgan fingerprint density at radius 2 is 2.06 bits per heavy atom. The van der Waals surface area contributed by atoms with Gasteiger partial charge >= 0.3 is 0 Å². The van der Waals surface area contributed by atoms with E-state index < -0.39 is 6.04 Å². The summed E-state index contributed by atoms with van der Waals surface area (Å²) in [5, 5.41) is 3.04. The smallest absolute Gasteiger partial charge is 0.237 e. The average molecular weight is 246 g/mol. The number of nitrogens with two attached hydrogens (primary N) is 1. The molecule has 98 valence electrons. The van der Waals surface area contributed by atoms with Gasteiger partial charge in [0.05, 0.1) is 6.04 Å². The van der Waals surface area contributed by atoms with Crippen molar-refractivity contribution in [1.82, 2.24) is 5.32 Å². The van der Waals surface area contributed by atoms with Crippen LogP contribution >= 0.6 is 0 Å². The Kier molecular flexibility index (Phi) is 4.37. The second-order valence-corrected chi connectivity index (χ2v) is 5.28. The number of carbonyl (C=O) groups excluding carboxylic acids is 1. The fraction of sp³-hybridized carbons (Fsp3) is 0.533. The largest absolute Gasteiger partial charge is 0.352 e. The van der Waals surface area contributed by atoms with E-state index in [0.717, 1.165) is 5.56 Å². The SMILES string of the molecule is CC(NC(=O)[C@H](N)Cc1ccccc1)C1CCC1. The van der Waals surface area contributed by atoms with Crippen molar-refractivity contribution in [1.29, 1.82) is 0 Å². The van der Waals surface area contributed by atoms with E-state index in [-0.39, 0.29) is 11.9 Å². The highest BCUT2D eigenvalue weighted by Gasteiger charge is 2.26. The third kappa shape index (κ3) is 3.33. The minimum absolute atomic E-state index is 0.0294. The molecular weight excluding hydrogens is 224 g/mol. The normalized spacial score (nSPS) is 18.8. The molecule has 0 heterocycles. The molecule has 0 bridgehead atoms. The zero-order valence-corrected chi connectivity index (χ0v) is 10.9. The number of nitrogens with one attached hydrogen (secondary N) is 1. The van der Waals surface area contributed by atoms with Gasteiger partial charge in [-0.3, -0.25) is 4.79 Å². The second kappa shape index (κ2) is 6.01. The molecule has 2 atom stereocenters. The van der Waals surface area contributed by atoms with Crippen LogP contribution in [0.25, 0.3) is 0 Å². The number of benzene rings is 1. The Bertz CT molecular complexity index is 387. The van der Waals surface area contributed by atoms with Gasteiger partial charge in [0.1, 0.15) is 0 Å². The van der Waals surface area contributed by atoms with Gasteiger partial charge in [-0.25, -0.2) is 0 Å². The summed E-state index contributed by atoms with van der Waals surface area (Å²) >= 11 is 0. The van der Waals surface area contributed by atoms with Gasteiger partial charge in [-0.1, -0.05) is 36.8 Å². The summed E-state index contributed by atoms with van der Waals surface area (Å²) in [6.07, 6.45) is 4.36. The predicted molar refractivity (Wildman–Crippen MR) is 73.1 cm³/mol. The first-order valence-electron chi connectivity index (χ1n) is 6.76. The van der Waals surface area contributed by atoms with Gasteiger partial charge in [0.25, 0.3) is 0 Å². The molecule has 1 aliphatic carbocycles. The van der Waals surface area contributed by atoms with Crippen molar-refractivity contribution < 1.29 is 4.79 Å². The number of amides is 1. The van der Waals surface area contributed by atoms with Crippen molar-refractivity contribution in [2.24, 2.45) is 11.7 Å². The van der Waals surface area contributed by atoms with Crippen LogP contribution in [-0.2, 0) is 11.2 Å². The van der Waals surface area contributed by atoms with Gasteiger partial charge in [-0.2, -0.15) is 0 Å². The van der Waals surface area contributed by atoms with Crippen LogP contribution < -0.4 is 11.1 Å². The number of rotatable bonds is 5. The zero-order valence-electron chi connectivity index (χ0n) is 10.9. The fourth-order valence-electron chi connectivity index (χ4n) is 2.35. The lowest BCUT2D eigenvalue weighted by atomic mass is 9.80. The van der Waals surface area contributed by atoms with E-state index in [2.05, 4.69) is 12.2 Å². The van der Waals surface area contributed by atoms with E-state index >= 15 is 0 Å². The van der Waals surface area contributed by atoms with Crippen molar-refractivity contribution >= 4 is 5.91 Å². The quantitative estimate of drug-likeness (QED) is 0.833. The molecule has 1 aromatic carbocycles. The van der Waals surface area contributed by atoms with Crippen LogP contribution in [0.1, 0.15) is 31.7 Å². The summed E-state index contributed by atoms with van der Waals surface area (Å²) in [6, 6.07) is 9.72. The number of hydrogen-bond acceptors (Lipinski definition) is 2. The minimum atomic E-state index is -0.449. The topological polar surface area (TPSA) is 55.1 Å². The first-order chi connectivity index (χ1) is 8.66. The maximum Gasteiger partial charge on any atom is 0.237 e. The van der Waals surface area contributed by atoms with Crippen molar-refractivity contribution in [3.05, 3.63) is 35.9 Å². The lowest BCUT2D eigenvalue weighted by Crippen LogP contribution is -2.48. The van der Waals surface area contributed by atoms with Crippen LogP contribution in [0.2, 0.25) is 0 Å². The summed E-state index contributed by atoms with van der Waals surface area (Å²) in [5.74, 6) is 0.621. The summed E-state index contributed by atoms with van der Waals surface area (Å²) in [5.41, 5.74) is 7.05. The molecule has 3 nitrogen and oxygen atoms in total. The van der Waals surface area contributed by atoms with Crippen molar-refractivity contribution in [2.45, 2.75) is 44.7 Å². The molecule has 1 fully saturated rings. The first kappa shape index (κ1) is 13.1. The lowest BCUT2D eigenvalue weighted by Gasteiger charge is -2.32. The molecule has 2 rings (SSSR count). The van der Waals surface area contributed by atoms with Gasteiger partial charge in [0.2, 0.25) is 5.91 Å². The molecule has 1 saturated carbocycles. The van der Waals surface area contributed by atoms with Crippen molar-refractivity contribution in [3.63, 3.8) is 0 Å². The van der Waals surface area contributed by atoms with Crippen LogP contribution in [0, 0.1) is 5.92 Å². The van der Waals surface area contributed by atoms with Crippen molar-refractivity contribution in [2.75, 3.05) is 0 Å². The molecule has 0 radical (unpaired) electrons. The molecule has 0 spiro atoms. The van der Waals surface area contributed by atoms with E-state index in [1.165, 1.54) is 19.3 Å². The molecule has 18 heavy (non-hydrogen) atoms. The van der Waals surface area contributed by atoms with Gasteiger partial charge in [-0.05, 0) is 37.7 Å². The number of hydrogen-bond donors (Lipinski definition) is 2. The summed E-state index contributed by atoms with van der Waals surface area (Å²) in [4.78, 5) is 12.0. The molecule has 0 saturated heterocycles. The van der Waals surface area contributed by atoms with Crippen molar-refractivity contribution in [3.8, 4) is 0 Å². The second-order valence-electron chi connectivity index (χ2n) is 5.28. The van der Waals surface area contributed by atoms with Gasteiger partial charge in [0, 0.05) is 6.04 Å². The average Bonchev–Trinajstić information content (AvgIpc) is 2.27. The summed E-state index contributed by atoms with van der Waals surface area (Å²) in [7, 11) is 0. The molecule has 0 aromatic heterocycles. The zero-order chi connectivity index (χ0) is 13.0. The van der Waals surface area contributed by atoms with E-state index in [1.54, 1.807) is 0 Å². The van der Waals surface area contributed by atoms with Crippen LogP contribution in [0.4, 0.5) is 0 Å². The summed E-state index contributed by atoms with van der Waals surface area (Å²) < 4.78 is 0. The van der Waals surface area contributed by atoms with E-state index in [0.29, 0.717) is 12.3 Å². The van der Waals surface area contributed by atoms with Crippen LogP contribution in [-0.4, -0.2) is 18.0 Å². The summed E-state index contributed by atoms with van der Waals surface area (Å²) in [6.45, 7) is 2.08. The van der Waals surface area contributed by atoms with Crippen LogP contribution in [0.5, 0.6) is 0 Å². The highest BCUT2D eigenvalue weighted by molar-refractivity contribution is 5.82. The van der Waals surface area contributed by atoms with Gasteiger partial charge < -0.3 is 11.1 Å². The fourth-order valence-corrected chi connectivity index (χ4v) is 2.35. The highest BCUT2D eigenvalue weighted by Crippen LogP contribution is 2.29. The molecule has 1 amide bonds. The maximum absolute atomic E-state index is 12.0. The highest BCUT2D eigenvalue weighted by atomic mass is 16.2. The van der Waals surface area contributed by atoms with E-state index in [1.807, 2.05) is 30.3 Å². The third-order valence-corrected chi connectivity index (χ3v) is 3.86. The third-order valence-electron chi connectivity index (χ3n) is 3.86. The number of carbonyl (C=O) groups is 1. The molecular formula is C15H22N2O. The van der Waals surface area contributed by atoms with E-state index in [4.69, 9.17) is 5.73 Å². The molecule has 0 aliphatic heterocycles. The molecule has 1 unspecified atom stereocenters. The van der Waals surface area contributed by atoms with E-state index in [9.17, 15) is 4.79 Å². The Morgan fingerprint density at radius 1 is 1.39 bits per heavy atom. The first-order valence-corrected chi connectivity index (χ1v) is 6.76. The van der Waals surface area contributed by atoms with Gasteiger partial charge in [0.15, 0.2) is 0 Å². The molecule has 1 aromatic rings. The van der Waals surface area contributed by atoms with Crippen LogP contribution in [0.3, 0.4) is 0 Å². The lowest BCUT2D eigenvalue weighted by molar-refractivity contribution is -0.123. The minimum Gasteiger partial charge on any atom is -0.352 e. The molecule has 1 aliphatic rings. The predicted octanol–water partition coefficient (Wildman–Crippen LogP) is 1.86. The monoisotopic (exact) mass is 246 g/mol. The Labute approximate surface area is 109 Å².